The van der Waals surface area contributed by atoms with Crippen LogP contribution in [0.4, 0.5) is 17.1 Å². The maximum absolute atomic E-state index is 12.2. The molecule has 30 heavy (non-hydrogen) atoms. The van der Waals surface area contributed by atoms with Crippen LogP contribution in [0.5, 0.6) is 5.75 Å². The number of ether oxygens (including phenoxy) is 1. The minimum absolute atomic E-state index is 0.0615. The predicted molar refractivity (Wildman–Crippen MR) is 123 cm³/mol. The second-order valence-electron chi connectivity index (χ2n) is 7.56. The van der Waals surface area contributed by atoms with Crippen LogP contribution in [0.15, 0.2) is 48.5 Å². The molecule has 0 aliphatic rings. The van der Waals surface area contributed by atoms with Crippen molar-refractivity contribution >= 4 is 28.9 Å². The third-order valence-corrected chi connectivity index (χ3v) is 4.51. The Bertz CT molecular complexity index is 804. The molecule has 0 spiro atoms. The van der Waals surface area contributed by atoms with Crippen molar-refractivity contribution in [1.82, 2.24) is 0 Å². The Morgan fingerprint density at radius 1 is 0.900 bits per heavy atom. The number of rotatable bonds is 12. The Balaban J connectivity index is 1.76. The first-order chi connectivity index (χ1) is 14.5. The van der Waals surface area contributed by atoms with Crippen LogP contribution in [-0.2, 0) is 9.59 Å². The number of benzene rings is 2. The monoisotopic (exact) mass is 411 g/mol. The van der Waals surface area contributed by atoms with E-state index in [1.807, 2.05) is 38.1 Å². The van der Waals surface area contributed by atoms with E-state index in [9.17, 15) is 9.59 Å². The van der Waals surface area contributed by atoms with Gasteiger partial charge in [0.15, 0.2) is 0 Å². The highest BCUT2D eigenvalue weighted by molar-refractivity contribution is 5.96. The van der Waals surface area contributed by atoms with E-state index in [4.69, 9.17) is 4.74 Å². The SMILES string of the molecule is CCCCCCOc1ccc(NCC(=O)Nc2cccc(NC(=O)C(C)C)c2)cc1. The Kier molecular flexibility index (Phi) is 9.71. The fourth-order valence-corrected chi connectivity index (χ4v) is 2.74. The van der Waals surface area contributed by atoms with Gasteiger partial charge in [0, 0.05) is 23.0 Å². The summed E-state index contributed by atoms with van der Waals surface area (Å²) in [4.78, 5) is 24.0. The molecule has 0 aliphatic heterocycles. The average Bonchev–Trinajstić information content (AvgIpc) is 2.73. The summed E-state index contributed by atoms with van der Waals surface area (Å²) in [5.41, 5.74) is 2.14. The summed E-state index contributed by atoms with van der Waals surface area (Å²) in [6.07, 6.45) is 4.72. The highest BCUT2D eigenvalue weighted by Gasteiger charge is 2.08. The van der Waals surface area contributed by atoms with E-state index in [1.165, 1.54) is 19.3 Å². The van der Waals surface area contributed by atoms with Crippen molar-refractivity contribution < 1.29 is 14.3 Å². The van der Waals surface area contributed by atoms with Crippen molar-refractivity contribution in [3.63, 3.8) is 0 Å². The van der Waals surface area contributed by atoms with Crippen molar-refractivity contribution in [1.29, 1.82) is 0 Å². The Morgan fingerprint density at radius 2 is 1.60 bits per heavy atom. The zero-order valence-electron chi connectivity index (χ0n) is 18.2. The molecule has 0 saturated heterocycles. The third kappa shape index (κ3) is 8.55. The van der Waals surface area contributed by atoms with Crippen molar-refractivity contribution in [2.75, 3.05) is 29.1 Å². The summed E-state index contributed by atoms with van der Waals surface area (Å²) in [5.74, 6) is 0.499. The van der Waals surface area contributed by atoms with E-state index >= 15 is 0 Å². The highest BCUT2D eigenvalue weighted by atomic mass is 16.5. The third-order valence-electron chi connectivity index (χ3n) is 4.51. The molecule has 0 unspecified atom stereocenters. The van der Waals surface area contributed by atoms with Gasteiger partial charge >= 0.3 is 0 Å². The first-order valence-electron chi connectivity index (χ1n) is 10.7. The molecule has 2 rings (SSSR count). The van der Waals surface area contributed by atoms with E-state index < -0.39 is 0 Å². The topological polar surface area (TPSA) is 79.5 Å². The molecule has 6 nitrogen and oxygen atoms in total. The van der Waals surface area contributed by atoms with Crippen molar-refractivity contribution in [2.24, 2.45) is 5.92 Å². The van der Waals surface area contributed by atoms with E-state index in [-0.39, 0.29) is 24.3 Å². The zero-order chi connectivity index (χ0) is 21.8. The molecular weight excluding hydrogens is 378 g/mol. The Labute approximate surface area is 179 Å². The molecule has 0 saturated carbocycles. The number of hydrogen-bond acceptors (Lipinski definition) is 4. The van der Waals surface area contributed by atoms with Gasteiger partial charge in [-0.25, -0.2) is 0 Å². The van der Waals surface area contributed by atoms with Crippen LogP contribution in [0.1, 0.15) is 46.5 Å². The van der Waals surface area contributed by atoms with Gasteiger partial charge in [-0.2, -0.15) is 0 Å². The Hall–Kier alpha value is -3.02. The minimum atomic E-state index is -0.168. The number of hydrogen-bond donors (Lipinski definition) is 3. The lowest BCUT2D eigenvalue weighted by molar-refractivity contribution is -0.119. The standard InChI is InChI=1S/C24H33N3O3/c1-4-5-6-7-15-30-22-13-11-19(12-14-22)25-17-23(28)26-20-9-8-10-21(16-20)27-24(29)18(2)3/h8-14,16,18,25H,4-7,15,17H2,1-3H3,(H,26,28)(H,27,29). The number of unbranched alkanes of at least 4 members (excludes halogenated alkanes) is 3. The Morgan fingerprint density at radius 3 is 2.27 bits per heavy atom. The van der Waals surface area contributed by atoms with Crippen LogP contribution in [0.25, 0.3) is 0 Å². The van der Waals surface area contributed by atoms with Crippen LogP contribution in [0, 0.1) is 5.92 Å². The minimum Gasteiger partial charge on any atom is -0.494 e. The fourth-order valence-electron chi connectivity index (χ4n) is 2.74. The van der Waals surface area contributed by atoms with Gasteiger partial charge < -0.3 is 20.7 Å². The van der Waals surface area contributed by atoms with Crippen LogP contribution in [-0.4, -0.2) is 25.0 Å². The van der Waals surface area contributed by atoms with Gasteiger partial charge in [-0.15, -0.1) is 0 Å². The van der Waals surface area contributed by atoms with Crippen LogP contribution in [0.3, 0.4) is 0 Å². The molecule has 2 aromatic carbocycles. The second-order valence-corrected chi connectivity index (χ2v) is 7.56. The molecule has 3 N–H and O–H groups in total. The lowest BCUT2D eigenvalue weighted by atomic mass is 10.2. The normalized spacial score (nSPS) is 10.5. The smallest absolute Gasteiger partial charge is 0.243 e. The van der Waals surface area contributed by atoms with E-state index in [2.05, 4.69) is 22.9 Å². The molecule has 0 atom stereocenters. The molecule has 2 amide bonds. The number of carbonyl (C=O) groups excluding carboxylic acids is 2. The number of anilines is 3. The van der Waals surface area contributed by atoms with E-state index in [0.29, 0.717) is 11.4 Å². The molecule has 0 aliphatic carbocycles. The molecule has 0 fully saturated rings. The summed E-state index contributed by atoms with van der Waals surface area (Å²) >= 11 is 0. The molecule has 0 bridgehead atoms. The molecule has 162 valence electrons. The first kappa shape index (κ1) is 23.3. The summed E-state index contributed by atoms with van der Waals surface area (Å²) < 4.78 is 5.73. The van der Waals surface area contributed by atoms with Gasteiger partial charge in [-0.1, -0.05) is 46.1 Å². The molecule has 0 heterocycles. The van der Waals surface area contributed by atoms with Crippen molar-refractivity contribution in [3.8, 4) is 5.75 Å². The zero-order valence-corrected chi connectivity index (χ0v) is 18.2. The van der Waals surface area contributed by atoms with Crippen molar-refractivity contribution in [2.45, 2.75) is 46.5 Å². The fraction of sp³-hybridized carbons (Fsp3) is 0.417. The first-order valence-corrected chi connectivity index (χ1v) is 10.7. The largest absolute Gasteiger partial charge is 0.494 e. The molecule has 6 heteroatoms. The van der Waals surface area contributed by atoms with Gasteiger partial charge in [0.2, 0.25) is 11.8 Å². The lowest BCUT2D eigenvalue weighted by Crippen LogP contribution is -2.22. The molecule has 0 radical (unpaired) electrons. The maximum atomic E-state index is 12.2. The highest BCUT2D eigenvalue weighted by Crippen LogP contribution is 2.17. The summed E-state index contributed by atoms with van der Waals surface area (Å²) in [7, 11) is 0. The summed E-state index contributed by atoms with van der Waals surface area (Å²) in [6, 6.07) is 14.7. The van der Waals surface area contributed by atoms with E-state index in [0.717, 1.165) is 24.5 Å². The van der Waals surface area contributed by atoms with Crippen LogP contribution in [0.2, 0.25) is 0 Å². The van der Waals surface area contributed by atoms with Crippen LogP contribution < -0.4 is 20.7 Å². The summed E-state index contributed by atoms with van der Waals surface area (Å²) in [5, 5.41) is 8.76. The van der Waals surface area contributed by atoms with Crippen molar-refractivity contribution in [3.05, 3.63) is 48.5 Å². The van der Waals surface area contributed by atoms with Gasteiger partial charge in [0.05, 0.1) is 13.2 Å². The number of carbonyl (C=O) groups is 2. The predicted octanol–water partition coefficient (Wildman–Crippen LogP) is 5.29. The number of nitrogens with one attached hydrogen (secondary N) is 3. The van der Waals surface area contributed by atoms with Crippen LogP contribution >= 0.6 is 0 Å². The second kappa shape index (κ2) is 12.5. The van der Waals surface area contributed by atoms with Gasteiger partial charge in [0.25, 0.3) is 0 Å². The maximum Gasteiger partial charge on any atom is 0.243 e. The molecule has 0 aromatic heterocycles. The number of amides is 2. The van der Waals surface area contributed by atoms with Gasteiger partial charge in [-0.05, 0) is 48.9 Å². The van der Waals surface area contributed by atoms with E-state index in [1.54, 1.807) is 24.3 Å². The van der Waals surface area contributed by atoms with Gasteiger partial charge in [-0.3, -0.25) is 9.59 Å². The lowest BCUT2D eigenvalue weighted by Gasteiger charge is -2.11. The summed E-state index contributed by atoms with van der Waals surface area (Å²) in [6.45, 7) is 6.72. The van der Waals surface area contributed by atoms with Gasteiger partial charge in [0.1, 0.15) is 5.75 Å². The molecular formula is C24H33N3O3. The average molecular weight is 412 g/mol. The quantitative estimate of drug-likeness (QED) is 0.415. The molecule has 2 aromatic rings.